The van der Waals surface area contributed by atoms with Crippen molar-refractivity contribution in [2.75, 3.05) is 14.1 Å². The predicted molar refractivity (Wildman–Crippen MR) is 49.1 cm³/mol. The molecular formula is C10H9FN2O. The number of nitriles is 1. The van der Waals surface area contributed by atoms with Gasteiger partial charge in [-0.15, -0.1) is 0 Å². The SMILES string of the molecule is CN(C)C(=O)c1cc(F)cc(C#N)c1. The molecule has 0 fully saturated rings. The number of halogens is 1. The normalized spacial score (nSPS) is 9.29. The molecular weight excluding hydrogens is 183 g/mol. The molecule has 0 aliphatic heterocycles. The van der Waals surface area contributed by atoms with E-state index in [-0.39, 0.29) is 17.0 Å². The Hall–Kier alpha value is -1.89. The van der Waals surface area contributed by atoms with E-state index in [9.17, 15) is 9.18 Å². The van der Waals surface area contributed by atoms with Gasteiger partial charge in [-0.1, -0.05) is 0 Å². The molecule has 0 aliphatic carbocycles. The van der Waals surface area contributed by atoms with E-state index < -0.39 is 5.82 Å². The Morgan fingerprint density at radius 1 is 1.43 bits per heavy atom. The first-order valence-electron chi connectivity index (χ1n) is 3.97. The van der Waals surface area contributed by atoms with E-state index in [4.69, 9.17) is 5.26 Å². The van der Waals surface area contributed by atoms with Gasteiger partial charge < -0.3 is 4.90 Å². The summed E-state index contributed by atoms with van der Waals surface area (Å²) in [6.45, 7) is 0. The summed E-state index contributed by atoms with van der Waals surface area (Å²) in [6.07, 6.45) is 0. The zero-order chi connectivity index (χ0) is 10.7. The molecule has 0 spiro atoms. The molecule has 72 valence electrons. The Labute approximate surface area is 81.4 Å². The first-order valence-corrected chi connectivity index (χ1v) is 3.97. The van der Waals surface area contributed by atoms with Crippen molar-refractivity contribution in [1.29, 1.82) is 5.26 Å². The lowest BCUT2D eigenvalue weighted by atomic mass is 10.1. The van der Waals surface area contributed by atoms with Crippen molar-refractivity contribution in [3.05, 3.63) is 35.1 Å². The van der Waals surface area contributed by atoms with Crippen molar-refractivity contribution in [3.8, 4) is 6.07 Å². The van der Waals surface area contributed by atoms with Crippen LogP contribution in [-0.2, 0) is 0 Å². The van der Waals surface area contributed by atoms with Gasteiger partial charge in [0.05, 0.1) is 11.6 Å². The van der Waals surface area contributed by atoms with Crippen molar-refractivity contribution in [2.24, 2.45) is 0 Å². The highest BCUT2D eigenvalue weighted by atomic mass is 19.1. The number of hydrogen-bond donors (Lipinski definition) is 0. The van der Waals surface area contributed by atoms with Gasteiger partial charge in [-0.25, -0.2) is 4.39 Å². The summed E-state index contributed by atoms with van der Waals surface area (Å²) in [7, 11) is 3.14. The molecule has 14 heavy (non-hydrogen) atoms. The Balaban J connectivity index is 3.17. The second-order valence-corrected chi connectivity index (χ2v) is 3.04. The van der Waals surface area contributed by atoms with Crippen LogP contribution in [0, 0.1) is 17.1 Å². The molecule has 0 saturated heterocycles. The van der Waals surface area contributed by atoms with Crippen LogP contribution in [0.2, 0.25) is 0 Å². The minimum Gasteiger partial charge on any atom is -0.345 e. The Kier molecular flexibility index (Phi) is 2.82. The second kappa shape index (κ2) is 3.88. The van der Waals surface area contributed by atoms with E-state index in [1.807, 2.05) is 0 Å². The molecule has 0 bridgehead atoms. The highest BCUT2D eigenvalue weighted by Gasteiger charge is 2.10. The molecule has 1 amide bonds. The van der Waals surface area contributed by atoms with Gasteiger partial charge in [0.15, 0.2) is 0 Å². The smallest absolute Gasteiger partial charge is 0.253 e. The van der Waals surface area contributed by atoms with Crippen molar-refractivity contribution in [3.63, 3.8) is 0 Å². The number of rotatable bonds is 1. The van der Waals surface area contributed by atoms with E-state index >= 15 is 0 Å². The van der Waals surface area contributed by atoms with Crippen LogP contribution in [0.5, 0.6) is 0 Å². The maximum absolute atomic E-state index is 12.9. The number of nitrogens with zero attached hydrogens (tertiary/aromatic N) is 2. The summed E-state index contributed by atoms with van der Waals surface area (Å²) < 4.78 is 12.9. The van der Waals surface area contributed by atoms with Gasteiger partial charge in [0, 0.05) is 19.7 Å². The predicted octanol–water partition coefficient (Wildman–Crippen LogP) is 1.40. The van der Waals surface area contributed by atoms with Crippen LogP contribution in [-0.4, -0.2) is 24.9 Å². The molecule has 0 aromatic heterocycles. The molecule has 0 atom stereocenters. The van der Waals surface area contributed by atoms with Crippen molar-refractivity contribution in [2.45, 2.75) is 0 Å². The first kappa shape index (κ1) is 10.2. The molecule has 3 nitrogen and oxygen atoms in total. The number of amides is 1. The molecule has 1 aromatic rings. The lowest BCUT2D eigenvalue weighted by Gasteiger charge is -2.10. The van der Waals surface area contributed by atoms with Crippen LogP contribution in [0.15, 0.2) is 18.2 Å². The summed E-state index contributed by atoms with van der Waals surface area (Å²) in [5.74, 6) is -0.893. The third-order valence-electron chi connectivity index (χ3n) is 1.68. The van der Waals surface area contributed by atoms with Crippen LogP contribution in [0.25, 0.3) is 0 Å². The largest absolute Gasteiger partial charge is 0.345 e. The van der Waals surface area contributed by atoms with Gasteiger partial charge in [-0.05, 0) is 18.2 Å². The Bertz CT molecular complexity index is 407. The zero-order valence-electron chi connectivity index (χ0n) is 7.91. The highest BCUT2D eigenvalue weighted by Crippen LogP contribution is 2.09. The fourth-order valence-electron chi connectivity index (χ4n) is 1.04. The maximum atomic E-state index is 12.9. The van der Waals surface area contributed by atoms with Crippen LogP contribution in [0.1, 0.15) is 15.9 Å². The minimum atomic E-state index is -0.575. The number of hydrogen-bond acceptors (Lipinski definition) is 2. The molecule has 4 heteroatoms. The van der Waals surface area contributed by atoms with Crippen LogP contribution in [0.3, 0.4) is 0 Å². The molecule has 1 aromatic carbocycles. The second-order valence-electron chi connectivity index (χ2n) is 3.04. The minimum absolute atomic E-state index is 0.148. The summed E-state index contributed by atoms with van der Waals surface area (Å²) in [4.78, 5) is 12.7. The first-order chi connectivity index (χ1) is 6.54. The number of benzene rings is 1. The summed E-state index contributed by atoms with van der Waals surface area (Å²) in [6, 6.07) is 5.36. The third kappa shape index (κ3) is 2.07. The quantitative estimate of drug-likeness (QED) is 0.675. The summed E-state index contributed by atoms with van der Waals surface area (Å²) in [5, 5.41) is 8.57. The molecule has 0 N–H and O–H groups in total. The van der Waals surface area contributed by atoms with Crippen LogP contribution < -0.4 is 0 Å². The highest BCUT2D eigenvalue weighted by molar-refractivity contribution is 5.94. The average molecular weight is 192 g/mol. The molecule has 1 rings (SSSR count). The maximum Gasteiger partial charge on any atom is 0.253 e. The Morgan fingerprint density at radius 3 is 2.57 bits per heavy atom. The summed E-state index contributed by atoms with van der Waals surface area (Å²) in [5.41, 5.74) is 0.335. The van der Waals surface area contributed by atoms with Crippen molar-refractivity contribution < 1.29 is 9.18 Å². The van der Waals surface area contributed by atoms with E-state index in [1.54, 1.807) is 20.2 Å². The van der Waals surface area contributed by atoms with Gasteiger partial charge in [-0.2, -0.15) is 5.26 Å². The monoisotopic (exact) mass is 192 g/mol. The van der Waals surface area contributed by atoms with E-state index in [1.165, 1.54) is 11.0 Å². The van der Waals surface area contributed by atoms with Crippen LogP contribution >= 0.6 is 0 Å². The Morgan fingerprint density at radius 2 is 2.07 bits per heavy atom. The fourth-order valence-corrected chi connectivity index (χ4v) is 1.04. The van der Waals surface area contributed by atoms with E-state index in [0.717, 1.165) is 12.1 Å². The van der Waals surface area contributed by atoms with Gasteiger partial charge in [0.1, 0.15) is 5.82 Å². The summed E-state index contributed by atoms with van der Waals surface area (Å²) >= 11 is 0. The lowest BCUT2D eigenvalue weighted by Crippen LogP contribution is -2.21. The van der Waals surface area contributed by atoms with Gasteiger partial charge in [0.25, 0.3) is 5.91 Å². The van der Waals surface area contributed by atoms with E-state index in [0.29, 0.717) is 0 Å². The molecule has 0 unspecified atom stereocenters. The number of carbonyl (C=O) groups excluding carboxylic acids is 1. The molecule has 0 heterocycles. The number of carbonyl (C=O) groups is 1. The average Bonchev–Trinajstić information content (AvgIpc) is 2.15. The van der Waals surface area contributed by atoms with E-state index in [2.05, 4.69) is 0 Å². The zero-order valence-corrected chi connectivity index (χ0v) is 7.91. The molecule has 0 radical (unpaired) electrons. The van der Waals surface area contributed by atoms with Gasteiger partial charge in [0.2, 0.25) is 0 Å². The standard InChI is InChI=1S/C10H9FN2O/c1-13(2)10(14)8-3-7(6-12)4-9(11)5-8/h3-5H,1-2H3. The van der Waals surface area contributed by atoms with Crippen molar-refractivity contribution >= 4 is 5.91 Å². The van der Waals surface area contributed by atoms with Gasteiger partial charge >= 0.3 is 0 Å². The lowest BCUT2D eigenvalue weighted by molar-refractivity contribution is 0.0827. The van der Waals surface area contributed by atoms with Gasteiger partial charge in [-0.3, -0.25) is 4.79 Å². The molecule has 0 saturated carbocycles. The van der Waals surface area contributed by atoms with Crippen molar-refractivity contribution in [1.82, 2.24) is 4.90 Å². The fraction of sp³-hybridized carbons (Fsp3) is 0.200. The molecule has 0 aliphatic rings. The van der Waals surface area contributed by atoms with Crippen LogP contribution in [0.4, 0.5) is 4.39 Å². The topological polar surface area (TPSA) is 44.1 Å². The third-order valence-corrected chi connectivity index (χ3v) is 1.68.